The number of carbonyl (C=O) groups excluding carboxylic acids is 2. The Morgan fingerprint density at radius 1 is 0.943 bits per heavy atom. The number of nitrogens with one attached hydrogen (secondary N) is 1. The number of hydrogen-bond donors (Lipinski definition) is 1. The van der Waals surface area contributed by atoms with Crippen LogP contribution in [-0.4, -0.2) is 32.2 Å². The van der Waals surface area contributed by atoms with Crippen LogP contribution in [0.5, 0.6) is 0 Å². The van der Waals surface area contributed by atoms with Crippen LogP contribution < -0.4 is 11.0 Å². The lowest BCUT2D eigenvalue weighted by atomic mass is 10.2. The second kappa shape index (κ2) is 9.36. The number of para-hydroxylation sites is 2. The van der Waals surface area contributed by atoms with E-state index in [4.69, 9.17) is 11.6 Å². The summed E-state index contributed by atoms with van der Waals surface area (Å²) < 4.78 is 1.30. The largest absolute Gasteiger partial charge is 0.297 e. The Morgan fingerprint density at radius 3 is 2.46 bits per heavy atom. The first-order valence-electron chi connectivity index (χ1n) is 10.7. The second-order valence-electron chi connectivity index (χ2n) is 7.70. The van der Waals surface area contributed by atoms with Crippen molar-refractivity contribution in [2.75, 3.05) is 0 Å². The molecule has 3 aromatic carbocycles. The van der Waals surface area contributed by atoms with Crippen molar-refractivity contribution in [3.63, 3.8) is 0 Å². The van der Waals surface area contributed by atoms with Gasteiger partial charge in [-0.15, -0.1) is 0 Å². The van der Waals surface area contributed by atoms with Gasteiger partial charge in [-0.2, -0.15) is 5.01 Å². The van der Waals surface area contributed by atoms with Crippen molar-refractivity contribution in [1.82, 2.24) is 20.0 Å². The minimum Gasteiger partial charge on any atom is -0.296 e. The summed E-state index contributed by atoms with van der Waals surface area (Å²) >= 11 is 6.25. The molecule has 1 aliphatic heterocycles. The van der Waals surface area contributed by atoms with Gasteiger partial charge in [-0.3, -0.25) is 24.4 Å². The van der Waals surface area contributed by atoms with Gasteiger partial charge in [0.15, 0.2) is 5.84 Å². The van der Waals surface area contributed by atoms with Gasteiger partial charge in [0.2, 0.25) is 0 Å². The lowest BCUT2D eigenvalue weighted by molar-refractivity contribution is -0.133. The summed E-state index contributed by atoms with van der Waals surface area (Å²) in [5.74, 6) is -0.835. The average Bonchev–Trinajstić information content (AvgIpc) is 3.17. The molecule has 0 fully saturated rings. The Morgan fingerprint density at radius 2 is 1.66 bits per heavy atom. The van der Waals surface area contributed by atoms with Crippen LogP contribution in [0.25, 0.3) is 17.1 Å². The van der Waals surface area contributed by atoms with Gasteiger partial charge in [0.05, 0.1) is 17.2 Å². The Hall–Kier alpha value is -4.56. The molecule has 0 radical (unpaired) electrons. The Labute approximate surface area is 204 Å². The smallest absolute Gasteiger partial charge is 0.296 e. The summed E-state index contributed by atoms with van der Waals surface area (Å²) in [6.07, 6.45) is 2.73. The summed E-state index contributed by atoms with van der Waals surface area (Å²) in [4.78, 5) is 47.3. The minimum atomic E-state index is -0.570. The fourth-order valence-electron chi connectivity index (χ4n) is 3.72. The zero-order valence-electron chi connectivity index (χ0n) is 18.3. The Kier molecular flexibility index (Phi) is 5.95. The first-order valence-corrected chi connectivity index (χ1v) is 11.1. The third-order valence-corrected chi connectivity index (χ3v) is 5.72. The molecule has 9 heteroatoms. The molecule has 0 bridgehead atoms. The third-order valence-electron chi connectivity index (χ3n) is 5.38. The van der Waals surface area contributed by atoms with E-state index in [-0.39, 0.29) is 18.1 Å². The van der Waals surface area contributed by atoms with E-state index in [1.807, 2.05) is 6.07 Å². The standard InChI is InChI=1S/C26H18ClN5O3/c27-19-11-5-4-10-18(19)14-21-26(35)32(25(29-21)17-8-2-1-3-9-17)30-23(33)16-31-22-13-7-6-12-20(22)28-15-24(31)34/h1-15H,16H2,(H,30,33)/b21-14+. The van der Waals surface area contributed by atoms with Gasteiger partial charge in [-0.05, 0) is 29.8 Å². The molecule has 2 amide bonds. The number of hydrogen-bond acceptors (Lipinski definition) is 5. The molecule has 0 unspecified atom stereocenters. The van der Waals surface area contributed by atoms with Gasteiger partial charge < -0.3 is 0 Å². The number of rotatable bonds is 5. The molecule has 0 saturated carbocycles. The minimum absolute atomic E-state index is 0.115. The van der Waals surface area contributed by atoms with E-state index in [1.54, 1.807) is 78.9 Å². The number of nitrogens with zero attached hydrogens (tertiary/aromatic N) is 4. The molecule has 2 heterocycles. The lowest BCUT2D eigenvalue weighted by Gasteiger charge is -2.20. The predicted molar refractivity (Wildman–Crippen MR) is 133 cm³/mol. The van der Waals surface area contributed by atoms with Gasteiger partial charge in [0.1, 0.15) is 12.2 Å². The predicted octanol–water partition coefficient (Wildman–Crippen LogP) is 3.41. The molecule has 172 valence electrons. The normalized spacial score (nSPS) is 14.4. The van der Waals surface area contributed by atoms with Crippen LogP contribution in [0.1, 0.15) is 11.1 Å². The van der Waals surface area contributed by atoms with E-state index in [1.165, 1.54) is 4.57 Å². The summed E-state index contributed by atoms with van der Waals surface area (Å²) in [6.45, 7) is -0.308. The maximum Gasteiger partial charge on any atom is 0.297 e. The summed E-state index contributed by atoms with van der Waals surface area (Å²) in [6, 6.07) is 23.1. The van der Waals surface area contributed by atoms with Crippen molar-refractivity contribution in [3.05, 3.63) is 117 Å². The van der Waals surface area contributed by atoms with E-state index in [0.29, 0.717) is 27.2 Å². The highest BCUT2D eigenvalue weighted by Gasteiger charge is 2.33. The molecular weight excluding hydrogens is 466 g/mol. The van der Waals surface area contributed by atoms with Crippen molar-refractivity contribution in [2.24, 2.45) is 4.99 Å². The van der Waals surface area contributed by atoms with Crippen molar-refractivity contribution < 1.29 is 9.59 Å². The number of aromatic nitrogens is 2. The fourth-order valence-corrected chi connectivity index (χ4v) is 3.91. The quantitative estimate of drug-likeness (QED) is 0.440. The highest BCUT2D eigenvalue weighted by atomic mass is 35.5. The second-order valence-corrected chi connectivity index (χ2v) is 8.11. The fraction of sp³-hybridized carbons (Fsp3) is 0.0385. The molecule has 1 aromatic heterocycles. The van der Waals surface area contributed by atoms with Gasteiger partial charge in [-0.1, -0.05) is 72.3 Å². The van der Waals surface area contributed by atoms with Gasteiger partial charge >= 0.3 is 0 Å². The van der Waals surface area contributed by atoms with E-state index < -0.39 is 17.4 Å². The summed E-state index contributed by atoms with van der Waals surface area (Å²) in [5, 5.41) is 1.56. The lowest BCUT2D eigenvalue weighted by Crippen LogP contribution is -2.49. The third kappa shape index (κ3) is 4.47. The van der Waals surface area contributed by atoms with Crippen LogP contribution in [0, 0.1) is 0 Å². The van der Waals surface area contributed by atoms with Crippen molar-refractivity contribution in [3.8, 4) is 0 Å². The molecule has 8 nitrogen and oxygen atoms in total. The van der Waals surface area contributed by atoms with E-state index in [2.05, 4.69) is 15.4 Å². The zero-order valence-corrected chi connectivity index (χ0v) is 19.0. The molecule has 4 aromatic rings. The van der Waals surface area contributed by atoms with E-state index in [9.17, 15) is 14.4 Å². The molecule has 0 saturated heterocycles. The molecule has 5 rings (SSSR count). The maximum atomic E-state index is 13.3. The molecule has 35 heavy (non-hydrogen) atoms. The van der Waals surface area contributed by atoms with Crippen LogP contribution in [0.2, 0.25) is 5.02 Å². The molecular formula is C26H18ClN5O3. The van der Waals surface area contributed by atoms with Crippen LogP contribution >= 0.6 is 11.6 Å². The van der Waals surface area contributed by atoms with Crippen LogP contribution in [0.4, 0.5) is 0 Å². The number of amides is 2. The molecule has 1 aliphatic rings. The summed E-state index contributed by atoms with van der Waals surface area (Å²) in [7, 11) is 0. The van der Waals surface area contributed by atoms with Crippen molar-refractivity contribution >= 4 is 46.4 Å². The first-order chi connectivity index (χ1) is 17.0. The first kappa shape index (κ1) is 22.2. The monoisotopic (exact) mass is 483 g/mol. The van der Waals surface area contributed by atoms with Crippen LogP contribution in [0.3, 0.4) is 0 Å². The Bertz CT molecular complexity index is 1580. The van der Waals surface area contributed by atoms with Gasteiger partial charge in [0.25, 0.3) is 17.4 Å². The number of aliphatic imine (C=N–C) groups is 1. The number of fused-ring (bicyclic) bond motifs is 1. The number of halogens is 1. The summed E-state index contributed by atoms with van der Waals surface area (Å²) in [5.41, 5.74) is 4.64. The zero-order chi connectivity index (χ0) is 24.4. The van der Waals surface area contributed by atoms with Crippen LogP contribution in [-0.2, 0) is 16.1 Å². The highest BCUT2D eigenvalue weighted by molar-refractivity contribution is 6.32. The van der Waals surface area contributed by atoms with Gasteiger partial charge in [0, 0.05) is 10.6 Å². The van der Waals surface area contributed by atoms with E-state index in [0.717, 1.165) is 11.2 Å². The van der Waals surface area contributed by atoms with Crippen molar-refractivity contribution in [2.45, 2.75) is 6.54 Å². The number of hydrazine groups is 1. The topological polar surface area (TPSA) is 96.7 Å². The van der Waals surface area contributed by atoms with Crippen molar-refractivity contribution in [1.29, 1.82) is 0 Å². The van der Waals surface area contributed by atoms with Gasteiger partial charge in [-0.25, -0.2) is 9.98 Å². The molecule has 1 N–H and O–H groups in total. The highest BCUT2D eigenvalue weighted by Crippen LogP contribution is 2.24. The van der Waals surface area contributed by atoms with Crippen LogP contribution in [0.15, 0.2) is 101 Å². The average molecular weight is 484 g/mol. The molecule has 0 atom stereocenters. The molecule has 0 aliphatic carbocycles. The number of benzene rings is 3. The SMILES string of the molecule is O=C(Cn1c(=O)cnc2ccccc21)NN1C(=O)/C(=C\c2ccccc2Cl)N=C1c1ccccc1. The number of amidine groups is 1. The maximum absolute atomic E-state index is 13.3. The Balaban J connectivity index is 1.48. The number of carbonyl (C=O) groups is 2. The molecule has 0 spiro atoms. The van der Waals surface area contributed by atoms with E-state index >= 15 is 0 Å².